The van der Waals surface area contributed by atoms with Crippen molar-refractivity contribution in [2.24, 2.45) is 17.8 Å². The second kappa shape index (κ2) is 9.64. The third-order valence-electron chi connectivity index (χ3n) is 8.07. The lowest BCUT2D eigenvalue weighted by atomic mass is 9.71. The molecule has 1 aliphatic carbocycles. The topological polar surface area (TPSA) is 23.6 Å². The third kappa shape index (κ3) is 4.71. The molecule has 2 saturated heterocycles. The second-order valence-corrected chi connectivity index (χ2v) is 9.76. The van der Waals surface area contributed by atoms with Crippen molar-refractivity contribution in [1.82, 2.24) is 9.80 Å². The first kappa shape index (κ1) is 20.9. The summed E-state index contributed by atoms with van der Waals surface area (Å²) < 4.78 is 0. The second-order valence-electron chi connectivity index (χ2n) is 9.76. The molecule has 1 saturated carbocycles. The smallest absolute Gasteiger partial charge is 0.225 e. The molecule has 0 N–H and O–H groups in total. The molecule has 0 radical (unpaired) electrons. The van der Waals surface area contributed by atoms with Crippen LogP contribution in [0.4, 0.5) is 0 Å². The van der Waals surface area contributed by atoms with Gasteiger partial charge in [-0.05, 0) is 86.9 Å². The largest absolute Gasteiger partial charge is 0.342 e. The fourth-order valence-corrected chi connectivity index (χ4v) is 6.19. The number of benzene rings is 1. The van der Waals surface area contributed by atoms with E-state index in [1.807, 2.05) is 0 Å². The Morgan fingerprint density at radius 1 is 1.00 bits per heavy atom. The lowest BCUT2D eigenvalue weighted by molar-refractivity contribution is -0.134. The van der Waals surface area contributed by atoms with Gasteiger partial charge >= 0.3 is 0 Å². The van der Waals surface area contributed by atoms with Crippen LogP contribution in [-0.4, -0.2) is 48.4 Å². The quantitative estimate of drug-likeness (QED) is 0.640. The van der Waals surface area contributed by atoms with E-state index < -0.39 is 0 Å². The van der Waals surface area contributed by atoms with Crippen molar-refractivity contribution < 1.29 is 4.79 Å². The zero-order valence-electron chi connectivity index (χ0n) is 18.6. The number of nitrogens with zero attached hydrogens (tertiary/aromatic N) is 2. The molecule has 0 spiro atoms. The lowest BCUT2D eigenvalue weighted by Crippen LogP contribution is -2.34. The van der Waals surface area contributed by atoms with E-state index in [4.69, 9.17) is 0 Å². The van der Waals surface area contributed by atoms with Crippen LogP contribution in [0.5, 0.6) is 0 Å². The standard InChI is InChI=1S/C26H40N2O/c1-3-21(4-2)26(29)28-18-23-8-7-9-24(25(23)19-28)22-12-10-20(11-13-22)14-17-27-15-5-6-16-27/h10-13,21,23-25H,3-9,14-19H2,1-2H3. The van der Waals surface area contributed by atoms with E-state index in [9.17, 15) is 4.79 Å². The maximum atomic E-state index is 12.9. The molecule has 1 amide bonds. The summed E-state index contributed by atoms with van der Waals surface area (Å²) in [6.07, 6.45) is 9.79. The van der Waals surface area contributed by atoms with Crippen LogP contribution in [0.2, 0.25) is 0 Å². The molecule has 3 unspecified atom stereocenters. The molecule has 1 aromatic carbocycles. The number of likely N-dealkylation sites (tertiary alicyclic amines) is 2. The SMILES string of the molecule is CCC(CC)C(=O)N1CC2CCCC(c3ccc(CCN4CCCC4)cc3)C2C1. The molecule has 3 fully saturated rings. The van der Waals surface area contributed by atoms with E-state index in [2.05, 4.69) is 47.9 Å². The van der Waals surface area contributed by atoms with Crippen LogP contribution in [0.3, 0.4) is 0 Å². The van der Waals surface area contributed by atoms with Crippen molar-refractivity contribution in [2.45, 2.75) is 71.1 Å². The summed E-state index contributed by atoms with van der Waals surface area (Å²) in [6.45, 7) is 10.1. The summed E-state index contributed by atoms with van der Waals surface area (Å²) in [6, 6.07) is 9.55. The first-order valence-electron chi connectivity index (χ1n) is 12.3. The number of amides is 1. The number of hydrogen-bond acceptors (Lipinski definition) is 2. The highest BCUT2D eigenvalue weighted by Gasteiger charge is 2.42. The molecule has 1 aromatic rings. The molecule has 3 heteroatoms. The molecule has 160 valence electrons. The molecule has 2 aliphatic heterocycles. The zero-order valence-corrected chi connectivity index (χ0v) is 18.6. The lowest BCUT2D eigenvalue weighted by Gasteiger charge is -2.33. The van der Waals surface area contributed by atoms with Gasteiger partial charge in [0.15, 0.2) is 0 Å². The number of carbonyl (C=O) groups excluding carboxylic acids is 1. The summed E-state index contributed by atoms with van der Waals surface area (Å²) in [7, 11) is 0. The number of hydrogen-bond donors (Lipinski definition) is 0. The van der Waals surface area contributed by atoms with Crippen LogP contribution in [0.25, 0.3) is 0 Å². The van der Waals surface area contributed by atoms with Gasteiger partial charge in [0.2, 0.25) is 5.91 Å². The van der Waals surface area contributed by atoms with Crippen molar-refractivity contribution in [3.63, 3.8) is 0 Å². The molecule has 3 aliphatic rings. The van der Waals surface area contributed by atoms with Gasteiger partial charge in [-0.1, -0.05) is 44.5 Å². The third-order valence-corrected chi connectivity index (χ3v) is 8.07. The minimum atomic E-state index is 0.225. The van der Waals surface area contributed by atoms with Crippen LogP contribution in [0.1, 0.15) is 75.8 Å². The normalized spacial score (nSPS) is 27.6. The monoisotopic (exact) mass is 396 g/mol. The molecule has 3 nitrogen and oxygen atoms in total. The Balaban J connectivity index is 1.38. The molecular formula is C26H40N2O. The maximum absolute atomic E-state index is 12.9. The van der Waals surface area contributed by atoms with Gasteiger partial charge < -0.3 is 9.80 Å². The fourth-order valence-electron chi connectivity index (χ4n) is 6.19. The van der Waals surface area contributed by atoms with E-state index in [0.29, 0.717) is 23.7 Å². The summed E-state index contributed by atoms with van der Waals surface area (Å²) in [4.78, 5) is 17.8. The van der Waals surface area contributed by atoms with Crippen molar-refractivity contribution in [1.29, 1.82) is 0 Å². The minimum absolute atomic E-state index is 0.225. The Kier molecular flexibility index (Phi) is 6.95. The Labute approximate surface area is 177 Å². The van der Waals surface area contributed by atoms with Gasteiger partial charge in [0.25, 0.3) is 0 Å². The van der Waals surface area contributed by atoms with E-state index in [1.54, 1.807) is 0 Å². The molecule has 3 atom stereocenters. The van der Waals surface area contributed by atoms with Gasteiger partial charge in [-0.25, -0.2) is 0 Å². The van der Waals surface area contributed by atoms with Gasteiger partial charge in [0, 0.05) is 25.6 Å². The molecule has 2 heterocycles. The Morgan fingerprint density at radius 2 is 1.72 bits per heavy atom. The number of rotatable bonds is 7. The summed E-state index contributed by atoms with van der Waals surface area (Å²) >= 11 is 0. The molecule has 4 rings (SSSR count). The van der Waals surface area contributed by atoms with Gasteiger partial charge in [-0.15, -0.1) is 0 Å². The average molecular weight is 397 g/mol. The van der Waals surface area contributed by atoms with Crippen molar-refractivity contribution in [3.8, 4) is 0 Å². The maximum Gasteiger partial charge on any atom is 0.225 e. The van der Waals surface area contributed by atoms with Crippen molar-refractivity contribution in [2.75, 3.05) is 32.7 Å². The van der Waals surface area contributed by atoms with Crippen LogP contribution >= 0.6 is 0 Å². The summed E-state index contributed by atoms with van der Waals surface area (Å²) in [5.74, 6) is 2.66. The number of fused-ring (bicyclic) bond motifs is 1. The highest BCUT2D eigenvalue weighted by atomic mass is 16.2. The van der Waals surface area contributed by atoms with Gasteiger partial charge in [-0.2, -0.15) is 0 Å². The predicted molar refractivity (Wildman–Crippen MR) is 120 cm³/mol. The summed E-state index contributed by atoms with van der Waals surface area (Å²) in [5, 5.41) is 0. The van der Waals surface area contributed by atoms with E-state index >= 15 is 0 Å². The predicted octanol–water partition coefficient (Wildman–Crippen LogP) is 5.10. The Hall–Kier alpha value is -1.35. The molecule has 0 aromatic heterocycles. The molecule has 0 bridgehead atoms. The number of carbonyl (C=O) groups is 1. The van der Waals surface area contributed by atoms with E-state index in [0.717, 1.165) is 25.9 Å². The Bertz CT molecular complexity index is 660. The van der Waals surface area contributed by atoms with Gasteiger partial charge in [0.05, 0.1) is 0 Å². The summed E-state index contributed by atoms with van der Waals surface area (Å²) in [5.41, 5.74) is 2.99. The van der Waals surface area contributed by atoms with Crippen LogP contribution in [-0.2, 0) is 11.2 Å². The zero-order chi connectivity index (χ0) is 20.2. The minimum Gasteiger partial charge on any atom is -0.342 e. The van der Waals surface area contributed by atoms with Crippen molar-refractivity contribution >= 4 is 5.91 Å². The highest BCUT2D eigenvalue weighted by molar-refractivity contribution is 5.79. The van der Waals surface area contributed by atoms with Crippen LogP contribution in [0.15, 0.2) is 24.3 Å². The first-order valence-corrected chi connectivity index (χ1v) is 12.3. The van der Waals surface area contributed by atoms with Gasteiger partial charge in [0.1, 0.15) is 0 Å². The molecular weight excluding hydrogens is 356 g/mol. The van der Waals surface area contributed by atoms with Crippen LogP contribution in [0, 0.1) is 17.8 Å². The molecule has 29 heavy (non-hydrogen) atoms. The fraction of sp³-hybridized carbons (Fsp3) is 0.731. The average Bonchev–Trinajstić information content (AvgIpc) is 3.43. The Morgan fingerprint density at radius 3 is 2.41 bits per heavy atom. The first-order chi connectivity index (χ1) is 14.2. The van der Waals surface area contributed by atoms with E-state index in [1.165, 1.54) is 69.3 Å². The highest BCUT2D eigenvalue weighted by Crippen LogP contribution is 2.45. The van der Waals surface area contributed by atoms with E-state index in [-0.39, 0.29) is 5.92 Å². The van der Waals surface area contributed by atoms with Crippen LogP contribution < -0.4 is 0 Å². The van der Waals surface area contributed by atoms with Crippen molar-refractivity contribution in [3.05, 3.63) is 35.4 Å². The van der Waals surface area contributed by atoms with Gasteiger partial charge in [-0.3, -0.25) is 4.79 Å².